The average molecular weight is 542 g/mol. The van der Waals surface area contributed by atoms with Gasteiger partial charge in [-0.05, 0) is 42.7 Å². The van der Waals surface area contributed by atoms with Gasteiger partial charge in [-0.25, -0.2) is 0 Å². The topological polar surface area (TPSA) is 60.8 Å². The molecule has 1 N–H and O–H groups in total. The normalized spacial score (nSPS) is 14.3. The molecule has 6 nitrogen and oxygen atoms in total. The number of halogens is 2. The number of nitrogens with one attached hydrogen (secondary N) is 1. The van der Waals surface area contributed by atoms with E-state index in [1.807, 2.05) is 48.4 Å². The monoisotopic (exact) mass is 541 g/mol. The molecule has 2 aromatic rings. The van der Waals surface area contributed by atoms with Crippen molar-refractivity contribution in [2.75, 3.05) is 39.8 Å². The number of amides is 1. The molecule has 1 aromatic heterocycles. The summed E-state index contributed by atoms with van der Waals surface area (Å²) in [7, 11) is 1.80. The van der Waals surface area contributed by atoms with Crippen molar-refractivity contribution in [1.82, 2.24) is 20.1 Å². The number of benzene rings is 1. The van der Waals surface area contributed by atoms with Gasteiger partial charge in [-0.1, -0.05) is 29.8 Å². The molecule has 30 heavy (non-hydrogen) atoms. The zero-order valence-electron chi connectivity index (χ0n) is 17.5. The first-order valence-corrected chi connectivity index (χ1v) is 10.3. The van der Waals surface area contributed by atoms with Crippen molar-refractivity contribution in [3.8, 4) is 0 Å². The van der Waals surface area contributed by atoms with E-state index in [-0.39, 0.29) is 29.9 Å². The molecule has 8 heteroatoms. The maximum atomic E-state index is 12.6. The second-order valence-corrected chi connectivity index (χ2v) is 7.64. The lowest BCUT2D eigenvalue weighted by molar-refractivity contribution is -0.131. The molecule has 0 unspecified atom stereocenters. The number of pyridine rings is 1. The molecular weight excluding hydrogens is 513 g/mol. The van der Waals surface area contributed by atoms with Crippen LogP contribution < -0.4 is 5.32 Å². The van der Waals surface area contributed by atoms with Crippen LogP contribution in [0.5, 0.6) is 0 Å². The van der Waals surface area contributed by atoms with Crippen molar-refractivity contribution in [1.29, 1.82) is 0 Å². The number of carbonyl (C=O) groups excluding carboxylic acids is 1. The molecule has 1 aliphatic heterocycles. The van der Waals surface area contributed by atoms with Gasteiger partial charge in [0.1, 0.15) is 0 Å². The van der Waals surface area contributed by atoms with E-state index in [0.717, 1.165) is 43.3 Å². The van der Waals surface area contributed by atoms with Gasteiger partial charge in [0.05, 0.1) is 6.42 Å². The summed E-state index contributed by atoms with van der Waals surface area (Å²) in [4.78, 5) is 25.4. The Bertz CT molecular complexity index is 851. The van der Waals surface area contributed by atoms with Gasteiger partial charge in [-0.15, -0.1) is 24.0 Å². The molecule has 0 bridgehead atoms. The van der Waals surface area contributed by atoms with Crippen LogP contribution in [-0.2, 0) is 17.6 Å². The maximum Gasteiger partial charge on any atom is 0.227 e. The third-order valence-corrected chi connectivity index (χ3v) is 5.29. The molecule has 0 atom stereocenters. The zero-order valence-corrected chi connectivity index (χ0v) is 20.6. The lowest BCUT2D eigenvalue weighted by atomic mass is 10.1. The minimum Gasteiger partial charge on any atom is -0.356 e. The van der Waals surface area contributed by atoms with Crippen LogP contribution in [0.2, 0.25) is 5.02 Å². The van der Waals surface area contributed by atoms with Crippen molar-refractivity contribution in [3.05, 3.63) is 64.4 Å². The Kier molecular flexibility index (Phi) is 9.84. The fourth-order valence-electron chi connectivity index (χ4n) is 3.40. The summed E-state index contributed by atoms with van der Waals surface area (Å²) in [6.07, 6.45) is 3.20. The van der Waals surface area contributed by atoms with Gasteiger partial charge < -0.3 is 15.1 Å². The minimum absolute atomic E-state index is 0. The molecule has 1 saturated heterocycles. The second kappa shape index (κ2) is 12.1. The second-order valence-electron chi connectivity index (χ2n) is 7.21. The van der Waals surface area contributed by atoms with Crippen molar-refractivity contribution in [3.63, 3.8) is 0 Å². The number of carbonyl (C=O) groups is 1. The van der Waals surface area contributed by atoms with Crippen LogP contribution in [0.4, 0.5) is 0 Å². The molecule has 162 valence electrons. The molecule has 1 fully saturated rings. The highest BCUT2D eigenvalue weighted by molar-refractivity contribution is 14.0. The van der Waals surface area contributed by atoms with Crippen LogP contribution in [0.25, 0.3) is 0 Å². The number of rotatable bonds is 5. The molecule has 1 aliphatic rings. The Hall–Kier alpha value is -1.87. The Morgan fingerprint density at radius 1 is 1.13 bits per heavy atom. The first-order chi connectivity index (χ1) is 14.0. The molecule has 3 rings (SSSR count). The van der Waals surface area contributed by atoms with Gasteiger partial charge in [-0.2, -0.15) is 0 Å². The first-order valence-electron chi connectivity index (χ1n) is 9.94. The van der Waals surface area contributed by atoms with E-state index in [0.29, 0.717) is 24.5 Å². The summed E-state index contributed by atoms with van der Waals surface area (Å²) >= 11 is 6.02. The van der Waals surface area contributed by atoms with E-state index in [9.17, 15) is 4.79 Å². The Morgan fingerprint density at radius 2 is 1.87 bits per heavy atom. The third-order valence-electron chi connectivity index (χ3n) is 5.06. The van der Waals surface area contributed by atoms with E-state index >= 15 is 0 Å². The van der Waals surface area contributed by atoms with Crippen LogP contribution >= 0.6 is 35.6 Å². The van der Waals surface area contributed by atoms with E-state index in [4.69, 9.17) is 11.6 Å². The first kappa shape index (κ1) is 24.4. The SMILES string of the molecule is CN=C(NCCc1ccc(C)nc1)N1CCN(C(=O)Cc2cccc(Cl)c2)CC1.I. The smallest absolute Gasteiger partial charge is 0.227 e. The van der Waals surface area contributed by atoms with Crippen molar-refractivity contribution >= 4 is 47.4 Å². The predicted molar refractivity (Wildman–Crippen MR) is 133 cm³/mol. The summed E-state index contributed by atoms with van der Waals surface area (Å²) in [5, 5.41) is 4.09. The van der Waals surface area contributed by atoms with E-state index < -0.39 is 0 Å². The Balaban J connectivity index is 0.00000320. The highest BCUT2D eigenvalue weighted by atomic mass is 127. The molecule has 1 amide bonds. The summed E-state index contributed by atoms with van der Waals surface area (Å²) in [6.45, 7) is 5.72. The number of guanidine groups is 1. The minimum atomic E-state index is 0. The molecule has 2 heterocycles. The van der Waals surface area contributed by atoms with Crippen LogP contribution in [-0.4, -0.2) is 66.4 Å². The van der Waals surface area contributed by atoms with Crippen molar-refractivity contribution < 1.29 is 4.79 Å². The van der Waals surface area contributed by atoms with E-state index in [2.05, 4.69) is 26.3 Å². The van der Waals surface area contributed by atoms with Crippen LogP contribution in [0.15, 0.2) is 47.6 Å². The number of hydrogen-bond acceptors (Lipinski definition) is 3. The van der Waals surface area contributed by atoms with Gasteiger partial charge in [0.2, 0.25) is 5.91 Å². The predicted octanol–water partition coefficient (Wildman–Crippen LogP) is 3.17. The molecular formula is C22H29ClIN5O. The number of aliphatic imine (C=N–C) groups is 1. The maximum absolute atomic E-state index is 12.6. The van der Waals surface area contributed by atoms with Crippen molar-refractivity contribution in [2.45, 2.75) is 19.8 Å². The molecule has 0 aliphatic carbocycles. The quantitative estimate of drug-likeness (QED) is 0.359. The fourth-order valence-corrected chi connectivity index (χ4v) is 3.61. The number of nitrogens with zero attached hydrogens (tertiary/aromatic N) is 4. The van der Waals surface area contributed by atoms with E-state index in [1.54, 1.807) is 7.05 Å². The lowest BCUT2D eigenvalue weighted by Gasteiger charge is -2.36. The third kappa shape index (κ3) is 7.12. The standard InChI is InChI=1S/C22H28ClN5O.HI/c1-17-6-7-18(16-26-17)8-9-25-22(24-2)28-12-10-27(11-13-28)21(29)15-19-4-3-5-20(23)14-19;/h3-7,14,16H,8-13,15H2,1-2H3,(H,24,25);1H. The number of aromatic nitrogens is 1. The van der Waals surface area contributed by atoms with Crippen molar-refractivity contribution in [2.24, 2.45) is 4.99 Å². The zero-order chi connectivity index (χ0) is 20.6. The van der Waals surface area contributed by atoms with Gasteiger partial charge in [0.15, 0.2) is 5.96 Å². The van der Waals surface area contributed by atoms with Gasteiger partial charge in [0, 0.05) is 56.7 Å². The van der Waals surface area contributed by atoms with Gasteiger partial charge in [0.25, 0.3) is 0 Å². The Labute approximate surface area is 200 Å². The highest BCUT2D eigenvalue weighted by Crippen LogP contribution is 2.13. The molecule has 1 aromatic carbocycles. The number of aryl methyl sites for hydroxylation is 1. The number of hydrogen-bond donors (Lipinski definition) is 1. The highest BCUT2D eigenvalue weighted by Gasteiger charge is 2.23. The van der Waals surface area contributed by atoms with Crippen LogP contribution in [0.3, 0.4) is 0 Å². The van der Waals surface area contributed by atoms with Gasteiger partial charge >= 0.3 is 0 Å². The summed E-state index contributed by atoms with van der Waals surface area (Å²) in [5.41, 5.74) is 3.18. The largest absolute Gasteiger partial charge is 0.356 e. The van der Waals surface area contributed by atoms with Crippen LogP contribution in [0.1, 0.15) is 16.8 Å². The Morgan fingerprint density at radius 3 is 2.50 bits per heavy atom. The summed E-state index contributed by atoms with van der Waals surface area (Å²) in [5.74, 6) is 1.02. The lowest BCUT2D eigenvalue weighted by Crippen LogP contribution is -2.54. The van der Waals surface area contributed by atoms with Gasteiger partial charge in [-0.3, -0.25) is 14.8 Å². The molecule has 0 saturated carbocycles. The summed E-state index contributed by atoms with van der Waals surface area (Å²) in [6, 6.07) is 11.6. The summed E-state index contributed by atoms with van der Waals surface area (Å²) < 4.78 is 0. The van der Waals surface area contributed by atoms with Crippen LogP contribution in [0, 0.1) is 6.92 Å². The molecule has 0 radical (unpaired) electrons. The number of piperazine rings is 1. The average Bonchev–Trinajstić information content (AvgIpc) is 2.73. The molecule has 0 spiro atoms. The van der Waals surface area contributed by atoms with E-state index in [1.165, 1.54) is 5.56 Å². The fraction of sp³-hybridized carbons (Fsp3) is 0.409.